The molecule has 2 N–H and O–H groups in total. The van der Waals surface area contributed by atoms with Crippen LogP contribution >= 0.6 is 11.6 Å². The van der Waals surface area contributed by atoms with Gasteiger partial charge in [0.05, 0.1) is 11.0 Å². The average molecular weight is 414 g/mol. The van der Waals surface area contributed by atoms with Crippen LogP contribution in [0.15, 0.2) is 29.2 Å². The Morgan fingerprint density at radius 2 is 1.85 bits per heavy atom. The van der Waals surface area contributed by atoms with E-state index in [9.17, 15) is 18.0 Å². The highest BCUT2D eigenvalue weighted by molar-refractivity contribution is 7.89. The van der Waals surface area contributed by atoms with Crippen molar-refractivity contribution < 1.29 is 22.7 Å². The van der Waals surface area contributed by atoms with Crippen LogP contribution in [0.2, 0.25) is 5.02 Å². The van der Waals surface area contributed by atoms with Crippen LogP contribution in [0.4, 0.5) is 0 Å². The Kier molecular flexibility index (Phi) is 8.09. The minimum absolute atomic E-state index is 0.0783. The molecule has 0 bridgehead atoms. The van der Waals surface area contributed by atoms with Gasteiger partial charge in [-0.15, -0.1) is 0 Å². The SMILES string of the molecule is CC(=N)[C@@H](C#N)C(=O)COC(=O)[C@@H](NS(=O)(=O)c1ccc(Cl)cc1)C(C)C. The first-order valence-corrected chi connectivity index (χ1v) is 9.77. The molecule has 0 aliphatic heterocycles. The van der Waals surface area contributed by atoms with Crippen LogP contribution < -0.4 is 4.72 Å². The standard InChI is InChI=1S/C17H20ClN3O5S/c1-10(2)16(17(23)26-9-15(22)14(8-19)11(3)20)21-27(24,25)13-6-4-12(18)5-7-13/h4-7,10,14,16,20-21H,9H2,1-3H3/t14-,16+/m1/s1. The number of nitrogens with one attached hydrogen (secondary N) is 2. The number of Topliss-reactive ketones (excluding diaryl/α,β-unsaturated/α-hetero) is 1. The van der Waals surface area contributed by atoms with Gasteiger partial charge in [0, 0.05) is 10.7 Å². The van der Waals surface area contributed by atoms with E-state index in [0.717, 1.165) is 0 Å². The van der Waals surface area contributed by atoms with Gasteiger partial charge in [-0.3, -0.25) is 9.59 Å². The van der Waals surface area contributed by atoms with Crippen LogP contribution in [0.3, 0.4) is 0 Å². The summed E-state index contributed by atoms with van der Waals surface area (Å²) < 4.78 is 32.0. The molecule has 8 nitrogen and oxygen atoms in total. The number of hydrogen-bond donors (Lipinski definition) is 2. The summed E-state index contributed by atoms with van der Waals surface area (Å²) in [5.74, 6) is -3.47. The maximum Gasteiger partial charge on any atom is 0.324 e. The second-order valence-electron chi connectivity index (χ2n) is 6.12. The fourth-order valence-corrected chi connectivity index (χ4v) is 3.49. The van der Waals surface area contributed by atoms with Crippen molar-refractivity contribution in [2.75, 3.05) is 6.61 Å². The molecule has 0 fully saturated rings. The third-order valence-electron chi connectivity index (χ3n) is 3.57. The number of ether oxygens (including phenoxy) is 1. The number of halogens is 1. The monoisotopic (exact) mass is 413 g/mol. The van der Waals surface area contributed by atoms with Gasteiger partial charge in [0.15, 0.2) is 12.4 Å². The molecule has 0 aliphatic rings. The Morgan fingerprint density at radius 1 is 1.30 bits per heavy atom. The zero-order chi connectivity index (χ0) is 20.8. The van der Waals surface area contributed by atoms with Crippen molar-refractivity contribution >= 4 is 39.1 Å². The number of sulfonamides is 1. The molecule has 27 heavy (non-hydrogen) atoms. The highest BCUT2D eigenvalue weighted by Gasteiger charge is 2.31. The van der Waals surface area contributed by atoms with E-state index in [1.807, 2.05) is 0 Å². The largest absolute Gasteiger partial charge is 0.456 e. The van der Waals surface area contributed by atoms with E-state index in [2.05, 4.69) is 4.72 Å². The molecule has 0 heterocycles. The fraction of sp³-hybridized carbons (Fsp3) is 0.412. The van der Waals surface area contributed by atoms with Crippen LogP contribution in [0.5, 0.6) is 0 Å². The second kappa shape index (κ2) is 9.60. The Labute approximate surface area is 163 Å². The number of rotatable bonds is 9. The van der Waals surface area contributed by atoms with Crippen LogP contribution in [-0.4, -0.2) is 38.5 Å². The fourth-order valence-electron chi connectivity index (χ4n) is 2.03. The number of esters is 1. The molecule has 1 aromatic rings. The van der Waals surface area contributed by atoms with Gasteiger partial charge < -0.3 is 10.1 Å². The number of ketones is 1. The van der Waals surface area contributed by atoms with E-state index < -0.39 is 46.3 Å². The van der Waals surface area contributed by atoms with Gasteiger partial charge in [0.1, 0.15) is 12.0 Å². The zero-order valence-corrected chi connectivity index (χ0v) is 16.6. The van der Waals surface area contributed by atoms with Gasteiger partial charge in [-0.25, -0.2) is 8.42 Å². The molecule has 0 amide bonds. The first-order chi connectivity index (χ1) is 12.5. The molecule has 10 heteroatoms. The number of benzene rings is 1. The lowest BCUT2D eigenvalue weighted by atomic mass is 10.0. The van der Waals surface area contributed by atoms with Gasteiger partial charge >= 0.3 is 5.97 Å². The van der Waals surface area contributed by atoms with Crippen LogP contribution in [0.25, 0.3) is 0 Å². The third kappa shape index (κ3) is 6.43. The lowest BCUT2D eigenvalue weighted by Gasteiger charge is -2.21. The summed E-state index contributed by atoms with van der Waals surface area (Å²) >= 11 is 5.74. The zero-order valence-electron chi connectivity index (χ0n) is 15.0. The molecule has 0 aromatic heterocycles. The van der Waals surface area contributed by atoms with E-state index in [1.165, 1.54) is 31.2 Å². The predicted molar refractivity (Wildman–Crippen MR) is 98.9 cm³/mol. The summed E-state index contributed by atoms with van der Waals surface area (Å²) in [5, 5.41) is 16.6. The van der Waals surface area contributed by atoms with E-state index in [1.54, 1.807) is 19.9 Å². The molecule has 0 aliphatic carbocycles. The van der Waals surface area contributed by atoms with E-state index >= 15 is 0 Å². The summed E-state index contributed by atoms with van der Waals surface area (Å²) in [6.07, 6.45) is 0. The first kappa shape index (κ1) is 22.8. The molecule has 0 saturated carbocycles. The van der Waals surface area contributed by atoms with Crippen molar-refractivity contribution in [3.63, 3.8) is 0 Å². The summed E-state index contributed by atoms with van der Waals surface area (Å²) in [4.78, 5) is 24.1. The van der Waals surface area contributed by atoms with Crippen molar-refractivity contribution in [2.45, 2.75) is 31.7 Å². The molecular formula is C17H20ClN3O5S. The van der Waals surface area contributed by atoms with Crippen molar-refractivity contribution in [1.82, 2.24) is 4.72 Å². The minimum atomic E-state index is -4.02. The van der Waals surface area contributed by atoms with E-state index in [4.69, 9.17) is 27.0 Å². The number of nitrogens with zero attached hydrogens (tertiary/aromatic N) is 1. The summed E-state index contributed by atoms with van der Waals surface area (Å²) in [6.45, 7) is 3.79. The lowest BCUT2D eigenvalue weighted by Crippen LogP contribution is -2.45. The van der Waals surface area contributed by atoms with Gasteiger partial charge in [-0.2, -0.15) is 9.98 Å². The molecule has 146 valence electrons. The van der Waals surface area contributed by atoms with Gasteiger partial charge in [0.2, 0.25) is 10.0 Å². The van der Waals surface area contributed by atoms with E-state index in [0.29, 0.717) is 5.02 Å². The molecule has 1 rings (SSSR count). The van der Waals surface area contributed by atoms with Crippen molar-refractivity contribution in [2.24, 2.45) is 11.8 Å². The highest BCUT2D eigenvalue weighted by atomic mass is 35.5. The smallest absolute Gasteiger partial charge is 0.324 e. The van der Waals surface area contributed by atoms with Gasteiger partial charge in [0.25, 0.3) is 0 Å². The maximum absolute atomic E-state index is 12.4. The molecule has 0 saturated heterocycles. The quantitative estimate of drug-likeness (QED) is 0.468. The van der Waals surface area contributed by atoms with Crippen LogP contribution in [0.1, 0.15) is 20.8 Å². The highest BCUT2D eigenvalue weighted by Crippen LogP contribution is 2.16. The normalized spacial score (nSPS) is 13.5. The van der Waals surface area contributed by atoms with Gasteiger partial charge in [-0.05, 0) is 37.1 Å². The number of carbonyl (C=O) groups excluding carboxylic acids is 2. The molecule has 2 atom stereocenters. The summed E-state index contributed by atoms with van der Waals surface area (Å²) in [6, 6.07) is 5.81. The topological polar surface area (TPSA) is 137 Å². The number of carbonyl (C=O) groups is 2. The van der Waals surface area contributed by atoms with Crippen LogP contribution in [0, 0.1) is 28.6 Å². The minimum Gasteiger partial charge on any atom is -0.456 e. The number of hydrogen-bond acceptors (Lipinski definition) is 7. The molecular weight excluding hydrogens is 394 g/mol. The predicted octanol–water partition coefficient (Wildman–Crippen LogP) is 1.93. The molecule has 0 unspecified atom stereocenters. The summed E-state index contributed by atoms with van der Waals surface area (Å²) in [7, 11) is -4.02. The molecule has 0 spiro atoms. The molecule has 1 aromatic carbocycles. The van der Waals surface area contributed by atoms with Gasteiger partial charge in [-0.1, -0.05) is 25.4 Å². The Hall–Kier alpha value is -2.28. The average Bonchev–Trinajstić information content (AvgIpc) is 2.58. The second-order valence-corrected chi connectivity index (χ2v) is 8.27. The maximum atomic E-state index is 12.4. The third-order valence-corrected chi connectivity index (χ3v) is 5.28. The Morgan fingerprint density at radius 3 is 2.30 bits per heavy atom. The van der Waals surface area contributed by atoms with Crippen molar-refractivity contribution in [3.8, 4) is 6.07 Å². The Bertz CT molecular complexity index is 860. The van der Waals surface area contributed by atoms with E-state index in [-0.39, 0.29) is 10.6 Å². The Balaban J connectivity index is 2.88. The lowest BCUT2D eigenvalue weighted by molar-refractivity contribution is -0.150. The van der Waals surface area contributed by atoms with Crippen molar-refractivity contribution in [1.29, 1.82) is 10.7 Å². The molecule has 0 radical (unpaired) electrons. The van der Waals surface area contributed by atoms with Crippen molar-refractivity contribution in [3.05, 3.63) is 29.3 Å². The number of nitriles is 1. The van der Waals surface area contributed by atoms with Crippen LogP contribution in [-0.2, 0) is 24.3 Å². The first-order valence-electron chi connectivity index (χ1n) is 7.91. The summed E-state index contributed by atoms with van der Waals surface area (Å²) in [5.41, 5.74) is -0.164.